The second kappa shape index (κ2) is 6.55. The first-order valence-electron chi connectivity index (χ1n) is 4.36. The maximum absolute atomic E-state index is 8.12. The first-order valence-corrected chi connectivity index (χ1v) is 5.18. The van der Waals surface area contributed by atoms with Gasteiger partial charge in [0.2, 0.25) is 0 Å². The lowest BCUT2D eigenvalue weighted by molar-refractivity contribution is -0.191. The van der Waals surface area contributed by atoms with Crippen molar-refractivity contribution >= 4 is 17.9 Å². The van der Waals surface area contributed by atoms with Gasteiger partial charge in [-0.1, -0.05) is 30.0 Å². The molecule has 2 rings (SSSR count). The second-order valence-electron chi connectivity index (χ2n) is 2.76. The zero-order valence-electron chi connectivity index (χ0n) is 8.51. The topological polar surface area (TPSA) is 75.7 Å². The van der Waals surface area contributed by atoms with Crippen LogP contribution >= 0.6 is 11.8 Å². The van der Waals surface area contributed by atoms with E-state index in [1.54, 1.807) is 18.0 Å². The molecule has 1 aromatic heterocycles. The van der Waals surface area contributed by atoms with E-state index in [9.17, 15) is 0 Å². The number of rotatable bonds is 2. The van der Waals surface area contributed by atoms with E-state index in [4.69, 9.17) is 9.59 Å². The van der Waals surface area contributed by atoms with Crippen LogP contribution in [0.5, 0.6) is 0 Å². The Morgan fingerprint density at radius 2 is 2.00 bits per heavy atom. The summed E-state index contributed by atoms with van der Waals surface area (Å²) in [5.41, 5.74) is 1.26. The van der Waals surface area contributed by atoms with E-state index in [1.807, 2.05) is 12.1 Å². The molecule has 0 fully saturated rings. The maximum atomic E-state index is 8.12. The zero-order valence-corrected chi connectivity index (χ0v) is 9.32. The number of hydrogen-bond donors (Lipinski definition) is 1. The summed E-state index contributed by atoms with van der Waals surface area (Å²) < 4.78 is 0. The van der Waals surface area contributed by atoms with E-state index in [2.05, 4.69) is 34.5 Å². The highest BCUT2D eigenvalue weighted by Gasteiger charge is 2.01. The summed E-state index contributed by atoms with van der Waals surface area (Å²) >= 11 is 1.62. The van der Waals surface area contributed by atoms with E-state index < -0.39 is 0 Å². The van der Waals surface area contributed by atoms with Gasteiger partial charge in [0.15, 0.2) is 0 Å². The fraction of sp³-hybridized carbons (Fsp3) is 0.100. The van der Waals surface area contributed by atoms with Gasteiger partial charge >= 0.3 is 6.15 Å². The summed E-state index contributed by atoms with van der Waals surface area (Å²) in [5, 5.41) is 11.2. The smallest absolute Gasteiger partial charge is 0.197 e. The van der Waals surface area contributed by atoms with Gasteiger partial charge < -0.3 is 0 Å². The minimum absolute atomic E-state index is 0.250. The fourth-order valence-corrected chi connectivity index (χ4v) is 1.82. The molecule has 0 spiro atoms. The maximum Gasteiger partial charge on any atom is 0.373 e. The average Bonchev–Trinajstić information content (AvgIpc) is 2.75. The summed E-state index contributed by atoms with van der Waals surface area (Å²) in [6.45, 7) is 2.09. The second-order valence-corrected chi connectivity index (χ2v) is 3.82. The van der Waals surface area contributed by atoms with Crippen molar-refractivity contribution in [3.05, 3.63) is 36.0 Å². The molecule has 0 aliphatic heterocycles. The van der Waals surface area contributed by atoms with Crippen molar-refractivity contribution in [2.24, 2.45) is 0 Å². The van der Waals surface area contributed by atoms with E-state index in [1.165, 1.54) is 10.5 Å². The van der Waals surface area contributed by atoms with Crippen molar-refractivity contribution in [1.29, 1.82) is 0 Å². The first-order chi connectivity index (χ1) is 7.77. The predicted octanol–water partition coefficient (Wildman–Crippen LogP) is 1.68. The van der Waals surface area contributed by atoms with Gasteiger partial charge in [0, 0.05) is 4.90 Å². The minimum atomic E-state index is 0.250. The van der Waals surface area contributed by atoms with Crippen molar-refractivity contribution in [3.63, 3.8) is 0 Å². The van der Waals surface area contributed by atoms with Crippen LogP contribution in [0.3, 0.4) is 0 Å². The number of benzene rings is 1. The third kappa shape index (κ3) is 3.68. The molecule has 82 valence electrons. The van der Waals surface area contributed by atoms with E-state index >= 15 is 0 Å². The Morgan fingerprint density at radius 1 is 1.31 bits per heavy atom. The zero-order chi connectivity index (χ0) is 11.8. The largest absolute Gasteiger partial charge is 0.373 e. The molecule has 0 saturated carbocycles. The number of H-pyrrole nitrogens is 1. The quantitative estimate of drug-likeness (QED) is 0.857. The molecule has 2 aromatic rings. The Labute approximate surface area is 96.3 Å². The molecule has 0 amide bonds. The van der Waals surface area contributed by atoms with Crippen LogP contribution in [0.2, 0.25) is 0 Å². The van der Waals surface area contributed by atoms with Gasteiger partial charge in [0.05, 0.1) is 6.20 Å². The van der Waals surface area contributed by atoms with Crippen molar-refractivity contribution in [2.75, 3.05) is 0 Å². The highest BCUT2D eigenvalue weighted by Crippen LogP contribution is 2.27. The van der Waals surface area contributed by atoms with Gasteiger partial charge in [-0.15, -0.1) is 5.10 Å². The highest BCUT2D eigenvalue weighted by molar-refractivity contribution is 7.99. The molecule has 0 bridgehead atoms. The van der Waals surface area contributed by atoms with Crippen molar-refractivity contribution < 1.29 is 9.59 Å². The summed E-state index contributed by atoms with van der Waals surface area (Å²) in [7, 11) is 0. The SMILES string of the molecule is Cc1ccccc1Sc1cn[nH]n1.O=C=O. The van der Waals surface area contributed by atoms with Crippen LogP contribution in [0.4, 0.5) is 0 Å². The average molecular weight is 235 g/mol. The van der Waals surface area contributed by atoms with Crippen LogP contribution in [-0.4, -0.2) is 21.6 Å². The molecule has 5 nitrogen and oxygen atoms in total. The molecule has 1 aromatic carbocycles. The lowest BCUT2D eigenvalue weighted by Gasteiger charge is -2.00. The Kier molecular flexibility index (Phi) is 4.98. The minimum Gasteiger partial charge on any atom is -0.197 e. The number of aryl methyl sites for hydroxylation is 1. The third-order valence-electron chi connectivity index (χ3n) is 1.70. The molecule has 1 N–H and O–H groups in total. The molecule has 0 aliphatic rings. The van der Waals surface area contributed by atoms with Gasteiger partial charge in [0.25, 0.3) is 0 Å². The molecule has 0 unspecified atom stereocenters. The number of aromatic nitrogens is 3. The van der Waals surface area contributed by atoms with E-state index in [0.717, 1.165) is 5.03 Å². The summed E-state index contributed by atoms with van der Waals surface area (Å²) in [5.74, 6) is 0. The standard InChI is InChI=1S/C9H9N3S.CO2/c1-7-4-2-3-5-8(7)13-9-6-10-12-11-9;2-1-3/h2-6H,1H3,(H,10,11,12);. The lowest BCUT2D eigenvalue weighted by atomic mass is 10.2. The molecule has 0 atom stereocenters. The first kappa shape index (κ1) is 12.2. The van der Waals surface area contributed by atoms with Crippen LogP contribution in [0.25, 0.3) is 0 Å². The fourth-order valence-electron chi connectivity index (χ4n) is 1.02. The summed E-state index contributed by atoms with van der Waals surface area (Å²) in [6.07, 6.45) is 1.97. The number of carbonyl (C=O) groups excluding carboxylic acids is 2. The molecule has 16 heavy (non-hydrogen) atoms. The Balaban J connectivity index is 0.000000386. The molecule has 1 heterocycles. The molecular weight excluding hydrogens is 226 g/mol. The normalized spacial score (nSPS) is 8.81. The van der Waals surface area contributed by atoms with Gasteiger partial charge in [0.1, 0.15) is 5.03 Å². The number of aromatic amines is 1. The monoisotopic (exact) mass is 235 g/mol. The number of nitrogens with zero attached hydrogens (tertiary/aromatic N) is 2. The van der Waals surface area contributed by atoms with E-state index in [-0.39, 0.29) is 6.15 Å². The lowest BCUT2D eigenvalue weighted by Crippen LogP contribution is -1.78. The Hall–Kier alpha value is -1.91. The molecular formula is C10H9N3O2S. The van der Waals surface area contributed by atoms with Crippen LogP contribution in [0.1, 0.15) is 5.56 Å². The predicted molar refractivity (Wildman–Crippen MR) is 56.7 cm³/mol. The van der Waals surface area contributed by atoms with Gasteiger partial charge in [-0.3, -0.25) is 0 Å². The summed E-state index contributed by atoms with van der Waals surface area (Å²) in [4.78, 5) is 17.5. The van der Waals surface area contributed by atoms with Gasteiger partial charge in [-0.05, 0) is 18.6 Å². The molecule has 0 aliphatic carbocycles. The van der Waals surface area contributed by atoms with Crippen molar-refractivity contribution in [2.45, 2.75) is 16.8 Å². The third-order valence-corrected chi connectivity index (χ3v) is 2.78. The van der Waals surface area contributed by atoms with Crippen LogP contribution in [-0.2, 0) is 9.59 Å². The van der Waals surface area contributed by atoms with Crippen molar-refractivity contribution in [1.82, 2.24) is 15.4 Å². The highest BCUT2D eigenvalue weighted by atomic mass is 32.2. The summed E-state index contributed by atoms with van der Waals surface area (Å²) in [6, 6.07) is 8.22. The van der Waals surface area contributed by atoms with Crippen molar-refractivity contribution in [3.8, 4) is 0 Å². The van der Waals surface area contributed by atoms with E-state index in [0.29, 0.717) is 0 Å². The number of hydrogen-bond acceptors (Lipinski definition) is 5. The molecule has 6 heteroatoms. The molecule has 0 saturated heterocycles. The number of nitrogens with one attached hydrogen (secondary N) is 1. The van der Waals surface area contributed by atoms with Crippen LogP contribution in [0.15, 0.2) is 40.4 Å². The van der Waals surface area contributed by atoms with Gasteiger partial charge in [-0.2, -0.15) is 19.9 Å². The Bertz CT molecular complexity index is 465. The van der Waals surface area contributed by atoms with Crippen LogP contribution < -0.4 is 0 Å². The van der Waals surface area contributed by atoms with Gasteiger partial charge in [-0.25, -0.2) is 0 Å². The van der Waals surface area contributed by atoms with Crippen LogP contribution in [0, 0.1) is 6.92 Å². The Morgan fingerprint density at radius 3 is 2.56 bits per heavy atom. The molecule has 0 radical (unpaired) electrons.